The van der Waals surface area contributed by atoms with Gasteiger partial charge in [-0.2, -0.15) is 11.3 Å². The van der Waals surface area contributed by atoms with Gasteiger partial charge in [-0.15, -0.1) is 0 Å². The number of hydrogen-bond donors (Lipinski definition) is 2. The van der Waals surface area contributed by atoms with Crippen LogP contribution in [-0.2, 0) is 0 Å². The van der Waals surface area contributed by atoms with Crippen molar-refractivity contribution in [2.75, 3.05) is 39.3 Å². The molecule has 2 amide bonds. The monoisotopic (exact) mass is 360 g/mol. The molecule has 0 atom stereocenters. The fourth-order valence-electron chi connectivity index (χ4n) is 2.76. The number of nitrogens with one attached hydrogen (secondary N) is 2. The Labute approximate surface area is 149 Å². The van der Waals surface area contributed by atoms with E-state index in [9.17, 15) is 14.4 Å². The van der Waals surface area contributed by atoms with Crippen molar-refractivity contribution in [3.63, 3.8) is 0 Å². The number of aromatic nitrogens is 1. The lowest BCUT2D eigenvalue weighted by molar-refractivity contribution is 0.0636. The minimum Gasteiger partial charge on any atom is -0.351 e. The first-order valence-corrected chi connectivity index (χ1v) is 9.09. The average molecular weight is 360 g/mol. The molecule has 8 heteroatoms. The second kappa shape index (κ2) is 8.09. The highest BCUT2D eigenvalue weighted by molar-refractivity contribution is 7.08. The van der Waals surface area contributed by atoms with Crippen LogP contribution in [0.1, 0.15) is 20.7 Å². The molecular formula is C17H20N4O3S. The molecule has 25 heavy (non-hydrogen) atoms. The first-order valence-electron chi connectivity index (χ1n) is 8.15. The van der Waals surface area contributed by atoms with E-state index in [2.05, 4.69) is 15.2 Å². The van der Waals surface area contributed by atoms with Crippen LogP contribution in [0.3, 0.4) is 0 Å². The molecule has 3 heterocycles. The van der Waals surface area contributed by atoms with Crippen LogP contribution < -0.4 is 10.9 Å². The predicted octanol–water partition coefficient (Wildman–Crippen LogP) is 0.624. The molecule has 1 saturated heterocycles. The second-order valence-corrected chi connectivity index (χ2v) is 6.59. The Morgan fingerprint density at radius 2 is 2.00 bits per heavy atom. The van der Waals surface area contributed by atoms with Crippen molar-refractivity contribution in [1.29, 1.82) is 0 Å². The molecule has 3 rings (SSSR count). The average Bonchev–Trinajstić information content (AvgIpc) is 3.17. The van der Waals surface area contributed by atoms with Gasteiger partial charge in [-0.1, -0.05) is 0 Å². The van der Waals surface area contributed by atoms with E-state index in [1.807, 2.05) is 10.8 Å². The third-order valence-corrected chi connectivity index (χ3v) is 4.89. The number of aromatic amines is 1. The number of pyridine rings is 1. The van der Waals surface area contributed by atoms with Gasteiger partial charge in [-0.25, -0.2) is 0 Å². The highest BCUT2D eigenvalue weighted by atomic mass is 32.1. The normalized spacial score (nSPS) is 15.1. The van der Waals surface area contributed by atoms with E-state index in [0.717, 1.165) is 19.6 Å². The van der Waals surface area contributed by atoms with Gasteiger partial charge >= 0.3 is 0 Å². The molecular weight excluding hydrogens is 340 g/mol. The van der Waals surface area contributed by atoms with Crippen molar-refractivity contribution >= 4 is 23.2 Å². The zero-order valence-corrected chi connectivity index (χ0v) is 14.6. The van der Waals surface area contributed by atoms with E-state index >= 15 is 0 Å². The van der Waals surface area contributed by atoms with E-state index in [-0.39, 0.29) is 22.9 Å². The van der Waals surface area contributed by atoms with Gasteiger partial charge in [0.15, 0.2) is 0 Å². The lowest BCUT2D eigenvalue weighted by Crippen LogP contribution is -2.50. The molecule has 0 spiro atoms. The zero-order chi connectivity index (χ0) is 17.6. The van der Waals surface area contributed by atoms with E-state index in [1.54, 1.807) is 23.1 Å². The smallest absolute Gasteiger partial charge is 0.260 e. The van der Waals surface area contributed by atoms with Gasteiger partial charge in [0.05, 0.1) is 0 Å². The van der Waals surface area contributed by atoms with Crippen LogP contribution in [-0.4, -0.2) is 65.9 Å². The van der Waals surface area contributed by atoms with Gasteiger partial charge in [0.1, 0.15) is 5.56 Å². The summed E-state index contributed by atoms with van der Waals surface area (Å²) in [7, 11) is 0. The molecule has 0 aromatic carbocycles. The Balaban J connectivity index is 1.43. The van der Waals surface area contributed by atoms with E-state index in [1.165, 1.54) is 17.5 Å². The van der Waals surface area contributed by atoms with Gasteiger partial charge in [0.25, 0.3) is 17.4 Å². The third-order valence-electron chi connectivity index (χ3n) is 4.21. The quantitative estimate of drug-likeness (QED) is 0.819. The second-order valence-electron chi connectivity index (χ2n) is 5.81. The van der Waals surface area contributed by atoms with Gasteiger partial charge in [-0.05, 0) is 23.6 Å². The Hall–Kier alpha value is -2.45. The summed E-state index contributed by atoms with van der Waals surface area (Å²) < 4.78 is 0. The van der Waals surface area contributed by atoms with Crippen LogP contribution >= 0.6 is 11.3 Å². The third kappa shape index (κ3) is 4.34. The van der Waals surface area contributed by atoms with Crippen molar-refractivity contribution in [2.45, 2.75) is 0 Å². The minimum absolute atomic E-state index is 0.0571. The number of carbonyl (C=O) groups is 2. The molecule has 132 valence electrons. The number of hydrogen-bond acceptors (Lipinski definition) is 5. The van der Waals surface area contributed by atoms with Crippen LogP contribution in [0.15, 0.2) is 40.0 Å². The summed E-state index contributed by atoms with van der Waals surface area (Å²) in [4.78, 5) is 42.4. The molecule has 0 aliphatic carbocycles. The van der Waals surface area contributed by atoms with E-state index in [0.29, 0.717) is 25.2 Å². The minimum atomic E-state index is -0.355. The summed E-state index contributed by atoms with van der Waals surface area (Å²) in [5, 5.41) is 6.60. The van der Waals surface area contributed by atoms with Crippen LogP contribution in [0.5, 0.6) is 0 Å². The lowest BCUT2D eigenvalue weighted by Gasteiger charge is -2.34. The lowest BCUT2D eigenvalue weighted by atomic mass is 10.2. The molecule has 0 saturated carbocycles. The fraction of sp³-hybridized carbons (Fsp3) is 0.353. The first kappa shape index (κ1) is 17.4. The van der Waals surface area contributed by atoms with Crippen LogP contribution in [0, 0.1) is 0 Å². The molecule has 1 aliphatic heterocycles. The van der Waals surface area contributed by atoms with Gasteiger partial charge in [0.2, 0.25) is 0 Å². The number of amides is 2. The molecule has 2 aromatic rings. The van der Waals surface area contributed by atoms with E-state index < -0.39 is 0 Å². The molecule has 0 radical (unpaired) electrons. The maximum absolute atomic E-state index is 12.4. The zero-order valence-electron chi connectivity index (χ0n) is 13.7. The van der Waals surface area contributed by atoms with Crippen LogP contribution in [0.2, 0.25) is 0 Å². The van der Waals surface area contributed by atoms with Gasteiger partial charge in [0, 0.05) is 56.4 Å². The number of carbonyl (C=O) groups excluding carboxylic acids is 2. The number of nitrogens with zero attached hydrogens (tertiary/aromatic N) is 2. The molecule has 2 N–H and O–H groups in total. The molecule has 1 aliphatic rings. The van der Waals surface area contributed by atoms with Crippen LogP contribution in [0.4, 0.5) is 0 Å². The number of rotatable bonds is 5. The summed E-state index contributed by atoms with van der Waals surface area (Å²) in [6.07, 6.45) is 1.52. The maximum atomic E-state index is 12.4. The standard InChI is InChI=1S/C17H20N4O3S/c22-15(13-3-11-25-12-13)19-5-6-20-7-9-21(10-8-20)17(24)14-2-1-4-18-16(14)23/h1-4,11-12H,5-10H2,(H,18,23)(H,19,22). The number of thiophene rings is 1. The van der Waals surface area contributed by atoms with Crippen LogP contribution in [0.25, 0.3) is 0 Å². The van der Waals surface area contributed by atoms with Crippen molar-refractivity contribution in [2.24, 2.45) is 0 Å². The summed E-state index contributed by atoms with van der Waals surface area (Å²) in [6, 6.07) is 5.00. The number of H-pyrrole nitrogens is 1. The fourth-order valence-corrected chi connectivity index (χ4v) is 3.39. The molecule has 7 nitrogen and oxygen atoms in total. The predicted molar refractivity (Wildman–Crippen MR) is 96.1 cm³/mol. The highest BCUT2D eigenvalue weighted by Gasteiger charge is 2.23. The van der Waals surface area contributed by atoms with Crippen molar-refractivity contribution in [3.05, 3.63) is 56.6 Å². The molecule has 0 unspecified atom stereocenters. The first-order chi connectivity index (χ1) is 12.1. The summed E-state index contributed by atoms with van der Waals surface area (Å²) >= 11 is 1.50. The molecule has 2 aromatic heterocycles. The topological polar surface area (TPSA) is 85.5 Å². The van der Waals surface area contributed by atoms with Crippen molar-refractivity contribution in [1.82, 2.24) is 20.1 Å². The Kier molecular flexibility index (Phi) is 5.62. The van der Waals surface area contributed by atoms with Crippen molar-refractivity contribution in [3.8, 4) is 0 Å². The molecule has 0 bridgehead atoms. The summed E-state index contributed by atoms with van der Waals surface area (Å²) in [6.45, 7) is 3.91. The van der Waals surface area contributed by atoms with Crippen molar-refractivity contribution < 1.29 is 9.59 Å². The van der Waals surface area contributed by atoms with Gasteiger partial charge in [-0.3, -0.25) is 19.3 Å². The van der Waals surface area contributed by atoms with Gasteiger partial charge < -0.3 is 15.2 Å². The highest BCUT2D eigenvalue weighted by Crippen LogP contribution is 2.07. The summed E-state index contributed by atoms with van der Waals surface area (Å²) in [5.74, 6) is -0.286. The summed E-state index contributed by atoms with van der Waals surface area (Å²) in [5.41, 5.74) is 0.513. The van der Waals surface area contributed by atoms with E-state index in [4.69, 9.17) is 0 Å². The maximum Gasteiger partial charge on any atom is 0.260 e. The number of piperazine rings is 1. The molecule has 1 fully saturated rings. The Bertz CT molecular complexity index is 779. The Morgan fingerprint density at radius 1 is 1.20 bits per heavy atom. The SMILES string of the molecule is O=C(NCCN1CCN(C(=O)c2ccc[nH]c2=O)CC1)c1ccsc1. The Morgan fingerprint density at radius 3 is 2.68 bits per heavy atom. The largest absolute Gasteiger partial charge is 0.351 e.